The van der Waals surface area contributed by atoms with E-state index in [0.717, 1.165) is 11.8 Å². The minimum absolute atomic E-state index is 0.210. The number of rotatable bonds is 5. The van der Waals surface area contributed by atoms with E-state index in [-0.39, 0.29) is 11.5 Å². The van der Waals surface area contributed by atoms with Gasteiger partial charge < -0.3 is 9.47 Å². The SMILES string of the molecule is COc1cc(/C=C/[N+](=O)[O-])cc(Br)c1OC(=O)c1ccc(C)cc1. The van der Waals surface area contributed by atoms with Crippen LogP contribution in [0.2, 0.25) is 0 Å². The zero-order chi connectivity index (χ0) is 17.7. The van der Waals surface area contributed by atoms with Crippen LogP contribution < -0.4 is 9.47 Å². The number of nitrogens with zero attached hydrogens (tertiary/aromatic N) is 1. The molecule has 0 saturated heterocycles. The molecule has 6 nitrogen and oxygen atoms in total. The number of halogens is 1. The van der Waals surface area contributed by atoms with Gasteiger partial charge in [-0.15, -0.1) is 0 Å². The van der Waals surface area contributed by atoms with Crippen molar-refractivity contribution in [1.82, 2.24) is 0 Å². The molecule has 0 aliphatic rings. The second-order valence-electron chi connectivity index (χ2n) is 4.89. The summed E-state index contributed by atoms with van der Waals surface area (Å²) in [5.41, 5.74) is 1.98. The third-order valence-corrected chi connectivity index (χ3v) is 3.71. The number of carbonyl (C=O) groups is 1. The standard InChI is InChI=1S/C17H14BrNO5/c1-11-3-5-13(6-4-11)17(20)24-16-14(18)9-12(7-8-19(21)22)10-15(16)23-2/h3-10H,1-2H3/b8-7+. The largest absolute Gasteiger partial charge is 0.493 e. The van der Waals surface area contributed by atoms with Crippen molar-refractivity contribution in [2.45, 2.75) is 6.92 Å². The van der Waals surface area contributed by atoms with Crippen LogP contribution in [0.4, 0.5) is 0 Å². The van der Waals surface area contributed by atoms with Crippen LogP contribution in [0.1, 0.15) is 21.5 Å². The molecule has 0 N–H and O–H groups in total. The smallest absolute Gasteiger partial charge is 0.343 e. The van der Waals surface area contributed by atoms with Crippen molar-refractivity contribution in [2.24, 2.45) is 0 Å². The Morgan fingerprint density at radius 3 is 2.50 bits per heavy atom. The Morgan fingerprint density at radius 1 is 1.25 bits per heavy atom. The summed E-state index contributed by atoms with van der Waals surface area (Å²) in [5, 5.41) is 10.4. The molecule has 0 aliphatic carbocycles. The summed E-state index contributed by atoms with van der Waals surface area (Å²) in [6, 6.07) is 10.1. The van der Waals surface area contributed by atoms with Gasteiger partial charge >= 0.3 is 5.97 Å². The number of hydrogen-bond donors (Lipinski definition) is 0. The molecule has 0 aromatic heterocycles. The number of aryl methyl sites for hydroxylation is 1. The molecule has 2 aromatic carbocycles. The molecule has 0 amide bonds. The minimum atomic E-state index is -0.564. The maximum absolute atomic E-state index is 12.2. The van der Waals surface area contributed by atoms with Gasteiger partial charge in [0.05, 0.1) is 22.1 Å². The van der Waals surface area contributed by atoms with Gasteiger partial charge in [-0.3, -0.25) is 10.1 Å². The van der Waals surface area contributed by atoms with Crippen molar-refractivity contribution in [1.29, 1.82) is 0 Å². The third-order valence-electron chi connectivity index (χ3n) is 3.12. The van der Waals surface area contributed by atoms with Crippen molar-refractivity contribution in [3.8, 4) is 11.5 Å². The zero-order valence-electron chi connectivity index (χ0n) is 13.0. The van der Waals surface area contributed by atoms with Crippen LogP contribution in [-0.4, -0.2) is 18.0 Å². The predicted molar refractivity (Wildman–Crippen MR) is 92.9 cm³/mol. The molecule has 0 radical (unpaired) electrons. The molecule has 0 saturated carbocycles. The maximum Gasteiger partial charge on any atom is 0.343 e. The zero-order valence-corrected chi connectivity index (χ0v) is 14.6. The van der Waals surface area contributed by atoms with Crippen molar-refractivity contribution in [3.63, 3.8) is 0 Å². The van der Waals surface area contributed by atoms with E-state index in [9.17, 15) is 14.9 Å². The highest BCUT2D eigenvalue weighted by Crippen LogP contribution is 2.37. The fourth-order valence-corrected chi connectivity index (χ4v) is 2.46. The molecule has 0 unspecified atom stereocenters. The lowest BCUT2D eigenvalue weighted by atomic mass is 10.1. The minimum Gasteiger partial charge on any atom is -0.493 e. The molecule has 0 aliphatic heterocycles. The second-order valence-corrected chi connectivity index (χ2v) is 5.75. The van der Waals surface area contributed by atoms with E-state index in [1.165, 1.54) is 13.2 Å². The molecular weight excluding hydrogens is 378 g/mol. The average Bonchev–Trinajstić information content (AvgIpc) is 2.55. The van der Waals surface area contributed by atoms with E-state index in [0.29, 0.717) is 15.6 Å². The van der Waals surface area contributed by atoms with Crippen LogP contribution in [-0.2, 0) is 0 Å². The lowest BCUT2D eigenvalue weighted by Crippen LogP contribution is -2.09. The second kappa shape index (κ2) is 7.74. The molecule has 2 rings (SSSR count). The molecule has 0 bridgehead atoms. The van der Waals surface area contributed by atoms with E-state index in [1.807, 2.05) is 19.1 Å². The van der Waals surface area contributed by atoms with Crippen molar-refractivity contribution in [2.75, 3.05) is 7.11 Å². The van der Waals surface area contributed by atoms with E-state index >= 15 is 0 Å². The highest BCUT2D eigenvalue weighted by Gasteiger charge is 2.16. The Balaban J connectivity index is 2.30. The first kappa shape index (κ1) is 17.7. The van der Waals surface area contributed by atoms with Crippen LogP contribution in [0, 0.1) is 17.0 Å². The summed E-state index contributed by atoms with van der Waals surface area (Å²) >= 11 is 3.30. The summed E-state index contributed by atoms with van der Waals surface area (Å²) in [7, 11) is 1.42. The molecule has 0 heterocycles. The topological polar surface area (TPSA) is 78.7 Å². The molecular formula is C17H14BrNO5. The lowest BCUT2D eigenvalue weighted by molar-refractivity contribution is -0.400. The van der Waals surface area contributed by atoms with E-state index in [2.05, 4.69) is 15.9 Å². The number of carbonyl (C=O) groups excluding carboxylic acids is 1. The number of methoxy groups -OCH3 is 1. The Kier molecular flexibility index (Phi) is 5.70. The first-order valence-electron chi connectivity index (χ1n) is 6.89. The molecule has 0 fully saturated rings. The predicted octanol–water partition coefficient (Wildman–Crippen LogP) is 4.23. The number of esters is 1. The summed E-state index contributed by atoms with van der Waals surface area (Å²) in [5.74, 6) is -0.0308. The molecule has 0 spiro atoms. The van der Waals surface area contributed by atoms with Gasteiger partial charge in [-0.25, -0.2) is 4.79 Å². The molecule has 124 valence electrons. The van der Waals surface area contributed by atoms with Crippen LogP contribution in [0.5, 0.6) is 11.5 Å². The molecule has 2 aromatic rings. The van der Waals surface area contributed by atoms with Gasteiger partial charge in [-0.05, 0) is 52.7 Å². The highest BCUT2D eigenvalue weighted by molar-refractivity contribution is 9.10. The summed E-state index contributed by atoms with van der Waals surface area (Å²) in [6.45, 7) is 1.92. The van der Waals surface area contributed by atoms with Crippen LogP contribution in [0.3, 0.4) is 0 Å². The van der Waals surface area contributed by atoms with Crippen molar-refractivity contribution < 1.29 is 19.2 Å². The fourth-order valence-electron chi connectivity index (χ4n) is 1.92. The van der Waals surface area contributed by atoms with Crippen molar-refractivity contribution in [3.05, 3.63) is 73.9 Å². The highest BCUT2D eigenvalue weighted by atomic mass is 79.9. The van der Waals surface area contributed by atoms with Crippen LogP contribution in [0.25, 0.3) is 6.08 Å². The van der Waals surface area contributed by atoms with Crippen LogP contribution >= 0.6 is 15.9 Å². The fraction of sp³-hybridized carbons (Fsp3) is 0.118. The van der Waals surface area contributed by atoms with E-state index in [1.54, 1.807) is 24.3 Å². The van der Waals surface area contributed by atoms with Gasteiger partial charge in [0.15, 0.2) is 11.5 Å². The van der Waals surface area contributed by atoms with E-state index in [4.69, 9.17) is 9.47 Å². The van der Waals surface area contributed by atoms with Crippen LogP contribution in [0.15, 0.2) is 47.1 Å². The van der Waals surface area contributed by atoms with Gasteiger partial charge in [-0.2, -0.15) is 0 Å². The summed E-state index contributed by atoms with van der Waals surface area (Å²) in [6.07, 6.45) is 2.14. The summed E-state index contributed by atoms with van der Waals surface area (Å²) < 4.78 is 11.1. The third kappa shape index (κ3) is 4.42. The maximum atomic E-state index is 12.2. The Bertz CT molecular complexity index is 799. The van der Waals surface area contributed by atoms with Gasteiger partial charge in [0.1, 0.15) is 0 Å². The number of ether oxygens (including phenoxy) is 2. The summed E-state index contributed by atoms with van der Waals surface area (Å²) in [4.78, 5) is 22.1. The Morgan fingerprint density at radius 2 is 1.92 bits per heavy atom. The first-order chi connectivity index (χ1) is 11.4. The number of hydrogen-bond acceptors (Lipinski definition) is 5. The van der Waals surface area contributed by atoms with Gasteiger partial charge in [0.25, 0.3) is 0 Å². The monoisotopic (exact) mass is 391 g/mol. The normalized spacial score (nSPS) is 10.6. The first-order valence-corrected chi connectivity index (χ1v) is 7.68. The number of benzene rings is 2. The van der Waals surface area contributed by atoms with Crippen molar-refractivity contribution >= 4 is 28.0 Å². The Hall–Kier alpha value is -2.67. The lowest BCUT2D eigenvalue weighted by Gasteiger charge is -2.12. The number of nitro groups is 1. The molecule has 7 heteroatoms. The Labute approximate surface area is 147 Å². The van der Waals surface area contributed by atoms with E-state index < -0.39 is 10.9 Å². The van der Waals surface area contributed by atoms with Gasteiger partial charge in [0.2, 0.25) is 6.20 Å². The van der Waals surface area contributed by atoms with Gasteiger partial charge in [-0.1, -0.05) is 17.7 Å². The van der Waals surface area contributed by atoms with Gasteiger partial charge in [0, 0.05) is 6.08 Å². The average molecular weight is 392 g/mol. The quantitative estimate of drug-likeness (QED) is 0.329. The molecule has 0 atom stereocenters. The molecule has 24 heavy (non-hydrogen) atoms.